The summed E-state index contributed by atoms with van der Waals surface area (Å²) in [5.41, 5.74) is 7.54. The predicted octanol–water partition coefficient (Wildman–Crippen LogP) is 2.17. The molecule has 0 spiro atoms. The fourth-order valence-corrected chi connectivity index (χ4v) is 2.10. The standard InChI is InChI=1S/C11H14FNO/c1-14-10-6-5-8(12)7-3-2-4-9(13)11(7)10/h5-6,9H,2-4,13H2,1H3/t9-/m1/s1. The van der Waals surface area contributed by atoms with Gasteiger partial charge in [-0.1, -0.05) is 0 Å². The van der Waals surface area contributed by atoms with Crippen molar-refractivity contribution in [2.75, 3.05) is 7.11 Å². The van der Waals surface area contributed by atoms with Crippen molar-refractivity contribution >= 4 is 0 Å². The van der Waals surface area contributed by atoms with E-state index in [-0.39, 0.29) is 11.9 Å². The lowest BCUT2D eigenvalue weighted by molar-refractivity contribution is 0.395. The van der Waals surface area contributed by atoms with Gasteiger partial charge < -0.3 is 10.5 Å². The highest BCUT2D eigenvalue weighted by molar-refractivity contribution is 5.44. The van der Waals surface area contributed by atoms with Crippen molar-refractivity contribution < 1.29 is 9.13 Å². The minimum absolute atomic E-state index is 0.0793. The van der Waals surface area contributed by atoms with E-state index in [1.165, 1.54) is 6.07 Å². The number of halogens is 1. The molecule has 1 aliphatic rings. The van der Waals surface area contributed by atoms with Crippen LogP contribution in [0.4, 0.5) is 4.39 Å². The van der Waals surface area contributed by atoms with Gasteiger partial charge in [0.15, 0.2) is 0 Å². The van der Waals surface area contributed by atoms with Crippen LogP contribution in [-0.4, -0.2) is 7.11 Å². The van der Waals surface area contributed by atoms with Gasteiger partial charge in [-0.3, -0.25) is 0 Å². The lowest BCUT2D eigenvalue weighted by Crippen LogP contribution is -2.19. The number of benzene rings is 1. The molecule has 0 bridgehead atoms. The lowest BCUT2D eigenvalue weighted by atomic mass is 9.87. The van der Waals surface area contributed by atoms with Gasteiger partial charge >= 0.3 is 0 Å². The van der Waals surface area contributed by atoms with Gasteiger partial charge in [0.2, 0.25) is 0 Å². The molecule has 2 rings (SSSR count). The fraction of sp³-hybridized carbons (Fsp3) is 0.455. The number of ether oxygens (including phenoxy) is 1. The average Bonchev–Trinajstić information content (AvgIpc) is 2.20. The third kappa shape index (κ3) is 1.38. The molecule has 2 N–H and O–H groups in total. The first-order valence-corrected chi connectivity index (χ1v) is 4.85. The van der Waals surface area contributed by atoms with E-state index < -0.39 is 0 Å². The minimum Gasteiger partial charge on any atom is -0.496 e. The number of rotatable bonds is 1. The minimum atomic E-state index is -0.157. The first kappa shape index (κ1) is 9.46. The normalized spacial score (nSPS) is 20.4. The Morgan fingerprint density at radius 1 is 1.50 bits per heavy atom. The van der Waals surface area contributed by atoms with E-state index >= 15 is 0 Å². The summed E-state index contributed by atoms with van der Waals surface area (Å²) in [6, 6.07) is 3.03. The summed E-state index contributed by atoms with van der Waals surface area (Å²) in [4.78, 5) is 0. The Morgan fingerprint density at radius 2 is 2.29 bits per heavy atom. The Labute approximate surface area is 82.9 Å². The third-order valence-electron chi connectivity index (χ3n) is 2.79. The number of hydrogen-bond donors (Lipinski definition) is 1. The fourth-order valence-electron chi connectivity index (χ4n) is 2.10. The first-order valence-electron chi connectivity index (χ1n) is 4.85. The molecular formula is C11H14FNO. The number of fused-ring (bicyclic) bond motifs is 1. The molecule has 0 aromatic heterocycles. The van der Waals surface area contributed by atoms with Crippen molar-refractivity contribution in [2.24, 2.45) is 5.73 Å². The molecule has 1 aromatic rings. The Hall–Kier alpha value is -1.09. The van der Waals surface area contributed by atoms with E-state index in [1.54, 1.807) is 13.2 Å². The van der Waals surface area contributed by atoms with Gasteiger partial charge in [0, 0.05) is 11.6 Å². The Bertz CT molecular complexity index is 351. The Morgan fingerprint density at radius 3 is 3.00 bits per heavy atom. The third-order valence-corrected chi connectivity index (χ3v) is 2.79. The summed E-state index contributed by atoms with van der Waals surface area (Å²) < 4.78 is 18.6. The van der Waals surface area contributed by atoms with Crippen molar-refractivity contribution in [1.29, 1.82) is 0 Å². The first-order chi connectivity index (χ1) is 6.74. The van der Waals surface area contributed by atoms with Crippen LogP contribution in [0.25, 0.3) is 0 Å². The molecule has 0 aliphatic heterocycles. The van der Waals surface area contributed by atoms with Crippen LogP contribution in [0.2, 0.25) is 0 Å². The molecule has 1 aromatic carbocycles. The molecular weight excluding hydrogens is 181 g/mol. The van der Waals surface area contributed by atoms with Crippen LogP contribution in [0.1, 0.15) is 30.0 Å². The molecule has 0 saturated heterocycles. The number of nitrogens with two attached hydrogens (primary N) is 1. The smallest absolute Gasteiger partial charge is 0.127 e. The second kappa shape index (κ2) is 3.58. The number of hydrogen-bond acceptors (Lipinski definition) is 2. The number of methoxy groups -OCH3 is 1. The maximum atomic E-state index is 13.4. The van der Waals surface area contributed by atoms with Crippen LogP contribution >= 0.6 is 0 Å². The second-order valence-electron chi connectivity index (χ2n) is 3.64. The largest absolute Gasteiger partial charge is 0.496 e. The highest BCUT2D eigenvalue weighted by atomic mass is 19.1. The molecule has 0 saturated carbocycles. The van der Waals surface area contributed by atoms with E-state index in [4.69, 9.17) is 10.5 Å². The zero-order valence-electron chi connectivity index (χ0n) is 8.22. The molecule has 0 unspecified atom stereocenters. The topological polar surface area (TPSA) is 35.2 Å². The van der Waals surface area contributed by atoms with Crippen molar-refractivity contribution in [3.8, 4) is 5.75 Å². The molecule has 0 radical (unpaired) electrons. The van der Waals surface area contributed by atoms with Gasteiger partial charge in [0.05, 0.1) is 7.11 Å². The van der Waals surface area contributed by atoms with Crippen LogP contribution < -0.4 is 10.5 Å². The van der Waals surface area contributed by atoms with Crippen LogP contribution in [0.5, 0.6) is 5.75 Å². The molecule has 0 fully saturated rings. The van der Waals surface area contributed by atoms with Gasteiger partial charge in [0.1, 0.15) is 11.6 Å². The van der Waals surface area contributed by atoms with Gasteiger partial charge in [-0.05, 0) is 37.0 Å². The van der Waals surface area contributed by atoms with Gasteiger partial charge in [-0.2, -0.15) is 0 Å². The van der Waals surface area contributed by atoms with Crippen molar-refractivity contribution in [3.63, 3.8) is 0 Å². The summed E-state index contributed by atoms with van der Waals surface area (Å²) in [6.45, 7) is 0. The molecule has 0 heterocycles. The maximum Gasteiger partial charge on any atom is 0.127 e. The summed E-state index contributed by atoms with van der Waals surface area (Å²) in [5, 5.41) is 0. The molecule has 14 heavy (non-hydrogen) atoms. The summed E-state index contributed by atoms with van der Waals surface area (Å²) in [7, 11) is 1.59. The zero-order valence-corrected chi connectivity index (χ0v) is 8.22. The van der Waals surface area contributed by atoms with Gasteiger partial charge in [0.25, 0.3) is 0 Å². The lowest BCUT2D eigenvalue weighted by Gasteiger charge is -2.24. The SMILES string of the molecule is COc1ccc(F)c2c1[C@H](N)CCC2. The van der Waals surface area contributed by atoms with Gasteiger partial charge in [-0.15, -0.1) is 0 Å². The zero-order chi connectivity index (χ0) is 10.1. The van der Waals surface area contributed by atoms with Crippen molar-refractivity contribution in [2.45, 2.75) is 25.3 Å². The monoisotopic (exact) mass is 195 g/mol. The van der Waals surface area contributed by atoms with E-state index in [0.717, 1.165) is 30.4 Å². The van der Waals surface area contributed by atoms with Crippen LogP contribution in [0.3, 0.4) is 0 Å². The molecule has 2 nitrogen and oxygen atoms in total. The highest BCUT2D eigenvalue weighted by Gasteiger charge is 2.23. The maximum absolute atomic E-state index is 13.4. The van der Waals surface area contributed by atoms with E-state index in [9.17, 15) is 4.39 Å². The van der Waals surface area contributed by atoms with E-state index in [0.29, 0.717) is 5.75 Å². The molecule has 3 heteroatoms. The summed E-state index contributed by atoms with van der Waals surface area (Å²) in [5.74, 6) is 0.560. The van der Waals surface area contributed by atoms with Gasteiger partial charge in [-0.25, -0.2) is 4.39 Å². The van der Waals surface area contributed by atoms with Crippen molar-refractivity contribution in [3.05, 3.63) is 29.1 Å². The summed E-state index contributed by atoms with van der Waals surface area (Å²) >= 11 is 0. The Kier molecular flexibility index (Phi) is 2.42. The molecule has 1 atom stereocenters. The molecule has 1 aliphatic carbocycles. The molecule has 76 valence electrons. The molecule has 0 amide bonds. The average molecular weight is 195 g/mol. The Balaban J connectivity index is 2.58. The quantitative estimate of drug-likeness (QED) is 0.745. The van der Waals surface area contributed by atoms with E-state index in [2.05, 4.69) is 0 Å². The highest BCUT2D eigenvalue weighted by Crippen LogP contribution is 2.36. The van der Waals surface area contributed by atoms with Crippen LogP contribution in [-0.2, 0) is 6.42 Å². The van der Waals surface area contributed by atoms with Crippen LogP contribution in [0.15, 0.2) is 12.1 Å². The van der Waals surface area contributed by atoms with Crippen LogP contribution in [0, 0.1) is 5.82 Å². The second-order valence-corrected chi connectivity index (χ2v) is 3.64. The van der Waals surface area contributed by atoms with Crippen molar-refractivity contribution in [1.82, 2.24) is 0 Å². The summed E-state index contributed by atoms with van der Waals surface area (Å²) in [6.07, 6.45) is 2.64. The predicted molar refractivity (Wildman–Crippen MR) is 52.8 cm³/mol. The van der Waals surface area contributed by atoms with E-state index in [1.807, 2.05) is 0 Å².